The van der Waals surface area contributed by atoms with Crippen molar-refractivity contribution in [1.82, 2.24) is 4.98 Å². The molecule has 0 saturated heterocycles. The van der Waals surface area contributed by atoms with Crippen molar-refractivity contribution in [2.45, 2.75) is 12.6 Å². The maximum Gasteiger partial charge on any atom is 0.433 e. The summed E-state index contributed by atoms with van der Waals surface area (Å²) in [7, 11) is 1.51. The fourth-order valence-corrected chi connectivity index (χ4v) is 1.37. The molecule has 0 bridgehead atoms. The van der Waals surface area contributed by atoms with Gasteiger partial charge in [-0.3, -0.25) is 4.79 Å². The van der Waals surface area contributed by atoms with E-state index >= 15 is 0 Å². The molecule has 3 N–H and O–H groups in total. The Morgan fingerprint density at radius 1 is 1.47 bits per heavy atom. The highest BCUT2D eigenvalue weighted by atomic mass is 19.4. The Morgan fingerprint density at radius 3 is 2.68 bits per heavy atom. The van der Waals surface area contributed by atoms with Crippen LogP contribution in [-0.4, -0.2) is 31.2 Å². The zero-order valence-electron chi connectivity index (χ0n) is 10.3. The molecule has 1 aromatic heterocycles. The van der Waals surface area contributed by atoms with E-state index in [1.165, 1.54) is 7.11 Å². The first-order valence-electron chi connectivity index (χ1n) is 5.47. The van der Waals surface area contributed by atoms with Gasteiger partial charge in [0.15, 0.2) is 0 Å². The lowest BCUT2D eigenvalue weighted by atomic mass is 10.2. The van der Waals surface area contributed by atoms with Gasteiger partial charge in [-0.05, 0) is 18.6 Å². The minimum absolute atomic E-state index is 0.0783. The number of alkyl halides is 3. The summed E-state index contributed by atoms with van der Waals surface area (Å²) in [5.41, 5.74) is 3.92. The standard InChI is InChI=1S/C11H14F3N3O2/c1-19-6-2-5-16-10-7(9(15)18)3-4-8(17-10)11(12,13)14/h3-4H,2,5-6H2,1H3,(H2,15,18)(H,16,17). The highest BCUT2D eigenvalue weighted by Crippen LogP contribution is 2.29. The van der Waals surface area contributed by atoms with Gasteiger partial charge in [0.1, 0.15) is 11.5 Å². The van der Waals surface area contributed by atoms with Gasteiger partial charge in [0.05, 0.1) is 5.56 Å². The third kappa shape index (κ3) is 4.40. The number of anilines is 1. The first-order valence-corrected chi connectivity index (χ1v) is 5.47. The lowest BCUT2D eigenvalue weighted by molar-refractivity contribution is -0.141. The van der Waals surface area contributed by atoms with E-state index in [4.69, 9.17) is 10.5 Å². The van der Waals surface area contributed by atoms with Gasteiger partial charge >= 0.3 is 6.18 Å². The number of pyridine rings is 1. The molecular formula is C11H14F3N3O2. The second kappa shape index (κ2) is 6.37. The number of methoxy groups -OCH3 is 1. The summed E-state index contributed by atoms with van der Waals surface area (Å²) in [6.07, 6.45) is -4.01. The number of nitrogens with one attached hydrogen (secondary N) is 1. The van der Waals surface area contributed by atoms with Crippen molar-refractivity contribution in [2.75, 3.05) is 25.6 Å². The number of amides is 1. The Kier molecular flexibility index (Phi) is 5.11. The van der Waals surface area contributed by atoms with Gasteiger partial charge in [-0.15, -0.1) is 0 Å². The van der Waals surface area contributed by atoms with Gasteiger partial charge in [-0.2, -0.15) is 13.2 Å². The lowest BCUT2D eigenvalue weighted by Crippen LogP contribution is -2.19. The molecule has 5 nitrogen and oxygen atoms in total. The molecule has 0 fully saturated rings. The normalized spacial score (nSPS) is 11.4. The van der Waals surface area contributed by atoms with Crippen LogP contribution in [0.15, 0.2) is 12.1 Å². The molecule has 0 aromatic carbocycles. The minimum atomic E-state index is -4.57. The number of primary amides is 1. The molecule has 106 valence electrons. The van der Waals surface area contributed by atoms with Crippen molar-refractivity contribution >= 4 is 11.7 Å². The quantitative estimate of drug-likeness (QED) is 0.775. The fraction of sp³-hybridized carbons (Fsp3) is 0.455. The number of ether oxygens (including phenoxy) is 1. The molecule has 1 heterocycles. The van der Waals surface area contributed by atoms with Crippen LogP contribution in [0.1, 0.15) is 22.5 Å². The van der Waals surface area contributed by atoms with Crippen LogP contribution in [0.5, 0.6) is 0 Å². The summed E-state index contributed by atoms with van der Waals surface area (Å²) in [5.74, 6) is -1.01. The Hall–Kier alpha value is -1.83. The average Bonchev–Trinajstić information content (AvgIpc) is 2.33. The maximum absolute atomic E-state index is 12.5. The number of nitrogens with zero attached hydrogens (tertiary/aromatic N) is 1. The predicted octanol–water partition coefficient (Wildman–Crippen LogP) is 1.65. The number of aromatic nitrogens is 1. The summed E-state index contributed by atoms with van der Waals surface area (Å²) in [5, 5.41) is 2.65. The second-order valence-corrected chi connectivity index (χ2v) is 3.73. The number of halogens is 3. The third-order valence-electron chi connectivity index (χ3n) is 2.27. The van der Waals surface area contributed by atoms with E-state index in [-0.39, 0.29) is 11.4 Å². The van der Waals surface area contributed by atoms with E-state index in [0.29, 0.717) is 19.6 Å². The van der Waals surface area contributed by atoms with E-state index < -0.39 is 17.8 Å². The molecular weight excluding hydrogens is 263 g/mol. The predicted molar refractivity (Wildman–Crippen MR) is 62.7 cm³/mol. The molecule has 0 spiro atoms. The van der Waals surface area contributed by atoms with Crippen molar-refractivity contribution in [3.8, 4) is 0 Å². The van der Waals surface area contributed by atoms with E-state index in [1.54, 1.807) is 0 Å². The molecule has 0 aliphatic rings. The topological polar surface area (TPSA) is 77.2 Å². The van der Waals surface area contributed by atoms with Crippen molar-refractivity contribution in [3.63, 3.8) is 0 Å². The SMILES string of the molecule is COCCCNc1nc(C(F)(F)F)ccc1C(N)=O. The van der Waals surface area contributed by atoms with Gasteiger partial charge in [-0.1, -0.05) is 0 Å². The molecule has 0 radical (unpaired) electrons. The number of nitrogens with two attached hydrogens (primary N) is 1. The smallest absolute Gasteiger partial charge is 0.385 e. The van der Waals surface area contributed by atoms with E-state index in [9.17, 15) is 18.0 Å². The van der Waals surface area contributed by atoms with Crippen LogP contribution < -0.4 is 11.1 Å². The van der Waals surface area contributed by atoms with Crippen LogP contribution in [0.4, 0.5) is 19.0 Å². The molecule has 19 heavy (non-hydrogen) atoms. The summed E-state index contributed by atoms with van der Waals surface area (Å²) in [4.78, 5) is 14.5. The number of hydrogen-bond acceptors (Lipinski definition) is 4. The molecule has 0 aliphatic carbocycles. The van der Waals surface area contributed by atoms with Crippen molar-refractivity contribution in [3.05, 3.63) is 23.4 Å². The van der Waals surface area contributed by atoms with Crippen molar-refractivity contribution < 1.29 is 22.7 Å². The zero-order valence-corrected chi connectivity index (χ0v) is 10.3. The van der Waals surface area contributed by atoms with Crippen LogP contribution in [0.3, 0.4) is 0 Å². The zero-order chi connectivity index (χ0) is 14.5. The monoisotopic (exact) mass is 277 g/mol. The Bertz CT molecular complexity index is 449. The maximum atomic E-state index is 12.5. The molecule has 0 aliphatic heterocycles. The van der Waals surface area contributed by atoms with E-state index in [2.05, 4.69) is 10.3 Å². The van der Waals surface area contributed by atoms with Crippen LogP contribution >= 0.6 is 0 Å². The Balaban J connectivity index is 2.93. The molecule has 0 unspecified atom stereocenters. The fourth-order valence-electron chi connectivity index (χ4n) is 1.37. The first kappa shape index (κ1) is 15.2. The highest BCUT2D eigenvalue weighted by molar-refractivity contribution is 5.97. The Morgan fingerprint density at radius 2 is 2.16 bits per heavy atom. The minimum Gasteiger partial charge on any atom is -0.385 e. The Labute approximate surface area is 108 Å². The number of carbonyl (C=O) groups excluding carboxylic acids is 1. The number of rotatable bonds is 6. The van der Waals surface area contributed by atoms with Gasteiger partial charge < -0.3 is 15.8 Å². The summed E-state index contributed by atoms with van der Waals surface area (Å²) in [6, 6.07) is 1.73. The molecule has 1 amide bonds. The average molecular weight is 277 g/mol. The van der Waals surface area contributed by atoms with Crippen molar-refractivity contribution in [1.29, 1.82) is 0 Å². The van der Waals surface area contributed by atoms with Gasteiger partial charge in [-0.25, -0.2) is 4.98 Å². The number of hydrogen-bond donors (Lipinski definition) is 2. The molecule has 1 aromatic rings. The van der Waals surface area contributed by atoms with Crippen LogP contribution in [0.2, 0.25) is 0 Å². The van der Waals surface area contributed by atoms with Crippen molar-refractivity contribution in [2.24, 2.45) is 5.73 Å². The largest absolute Gasteiger partial charge is 0.433 e. The third-order valence-corrected chi connectivity index (χ3v) is 2.27. The summed E-state index contributed by atoms with van der Waals surface area (Å²) >= 11 is 0. The van der Waals surface area contributed by atoms with E-state index in [1.807, 2.05) is 0 Å². The molecule has 0 atom stereocenters. The number of carbonyl (C=O) groups is 1. The van der Waals surface area contributed by atoms with Gasteiger partial charge in [0, 0.05) is 20.3 Å². The summed E-state index contributed by atoms with van der Waals surface area (Å²) < 4.78 is 42.4. The summed E-state index contributed by atoms with van der Waals surface area (Å²) in [6.45, 7) is 0.764. The first-order chi connectivity index (χ1) is 8.86. The molecule has 0 saturated carbocycles. The van der Waals surface area contributed by atoms with E-state index in [0.717, 1.165) is 12.1 Å². The van der Waals surface area contributed by atoms with Gasteiger partial charge in [0.2, 0.25) is 0 Å². The molecule has 8 heteroatoms. The lowest BCUT2D eigenvalue weighted by Gasteiger charge is -2.12. The van der Waals surface area contributed by atoms with Crippen LogP contribution in [0, 0.1) is 0 Å². The van der Waals surface area contributed by atoms with Crippen LogP contribution in [0.25, 0.3) is 0 Å². The second-order valence-electron chi connectivity index (χ2n) is 3.73. The molecule has 1 rings (SSSR count). The van der Waals surface area contributed by atoms with Crippen LogP contribution in [-0.2, 0) is 10.9 Å². The van der Waals surface area contributed by atoms with Gasteiger partial charge in [0.25, 0.3) is 5.91 Å². The highest BCUT2D eigenvalue weighted by Gasteiger charge is 2.33.